The molecule has 0 saturated heterocycles. The predicted molar refractivity (Wildman–Crippen MR) is 190 cm³/mol. The van der Waals surface area contributed by atoms with Gasteiger partial charge in [-0.1, -0.05) is 96.7 Å². The Morgan fingerprint density at radius 2 is 1.52 bits per heavy atom. The second-order valence-electron chi connectivity index (χ2n) is 12.1. The van der Waals surface area contributed by atoms with Crippen molar-refractivity contribution >= 4 is 39.1 Å². The third-order valence-electron chi connectivity index (χ3n) is 8.56. The van der Waals surface area contributed by atoms with E-state index in [2.05, 4.69) is 5.32 Å². The van der Waals surface area contributed by atoms with E-state index in [0.29, 0.717) is 17.4 Å². The molecule has 0 heterocycles. The molecule has 10 heteroatoms. The molecule has 4 aromatic rings. The summed E-state index contributed by atoms with van der Waals surface area (Å²) in [5, 5.41) is 3.74. The number of benzene rings is 4. The second-order valence-corrected chi connectivity index (χ2v) is 14.4. The smallest absolute Gasteiger partial charge is 0.264 e. The number of sulfonamides is 1. The van der Waals surface area contributed by atoms with Crippen molar-refractivity contribution in [3.8, 4) is 5.75 Å². The molecule has 0 bridgehead atoms. The Bertz CT molecular complexity index is 1780. The second kappa shape index (κ2) is 16.2. The Labute approximate surface area is 288 Å². The average Bonchev–Trinajstić information content (AvgIpc) is 3.60. The van der Waals surface area contributed by atoms with Gasteiger partial charge in [0, 0.05) is 24.0 Å². The maximum absolute atomic E-state index is 14.7. The molecule has 0 unspecified atom stereocenters. The zero-order chi connectivity index (χ0) is 34.1. The fourth-order valence-electron chi connectivity index (χ4n) is 6.00. The average molecular weight is 688 g/mol. The van der Waals surface area contributed by atoms with E-state index in [-0.39, 0.29) is 35.5 Å². The Morgan fingerprint density at radius 3 is 2.19 bits per heavy atom. The molecule has 1 N–H and O–H groups in total. The van der Waals surface area contributed by atoms with Gasteiger partial charge in [-0.15, -0.1) is 0 Å². The van der Waals surface area contributed by atoms with Crippen LogP contribution in [0.2, 0.25) is 5.02 Å². The van der Waals surface area contributed by atoms with Crippen LogP contribution in [0.25, 0.3) is 0 Å². The van der Waals surface area contributed by atoms with Crippen molar-refractivity contribution in [1.82, 2.24) is 10.2 Å². The van der Waals surface area contributed by atoms with Gasteiger partial charge < -0.3 is 15.0 Å². The molecule has 4 aromatic carbocycles. The maximum atomic E-state index is 14.7. The van der Waals surface area contributed by atoms with Gasteiger partial charge in [0.25, 0.3) is 10.0 Å². The van der Waals surface area contributed by atoms with Gasteiger partial charge in [0.1, 0.15) is 18.3 Å². The van der Waals surface area contributed by atoms with Gasteiger partial charge in [0.15, 0.2) is 0 Å². The molecule has 2 amide bonds. The molecule has 8 nitrogen and oxygen atoms in total. The fourth-order valence-corrected chi connectivity index (χ4v) is 7.55. The van der Waals surface area contributed by atoms with Crippen LogP contribution in [-0.2, 0) is 32.6 Å². The fraction of sp³-hybridized carbons (Fsp3) is 0.316. The minimum Gasteiger partial charge on any atom is -0.492 e. The molecular formula is C38H42ClN3O5S. The van der Waals surface area contributed by atoms with Gasteiger partial charge >= 0.3 is 0 Å². The largest absolute Gasteiger partial charge is 0.492 e. The van der Waals surface area contributed by atoms with Crippen LogP contribution in [0.5, 0.6) is 5.75 Å². The van der Waals surface area contributed by atoms with Crippen LogP contribution < -0.4 is 14.4 Å². The summed E-state index contributed by atoms with van der Waals surface area (Å²) in [6.45, 7) is 3.49. The summed E-state index contributed by atoms with van der Waals surface area (Å²) in [4.78, 5) is 30.4. The van der Waals surface area contributed by atoms with Crippen molar-refractivity contribution in [2.45, 2.75) is 69.5 Å². The summed E-state index contributed by atoms with van der Waals surface area (Å²) < 4.78 is 35.7. The highest BCUT2D eigenvalue weighted by Crippen LogP contribution is 2.33. The van der Waals surface area contributed by atoms with Gasteiger partial charge in [-0.25, -0.2) is 8.42 Å². The maximum Gasteiger partial charge on any atom is 0.264 e. The van der Waals surface area contributed by atoms with Gasteiger partial charge in [-0.05, 0) is 74.2 Å². The molecule has 1 fully saturated rings. The van der Waals surface area contributed by atoms with E-state index in [1.54, 1.807) is 48.5 Å². The van der Waals surface area contributed by atoms with Crippen LogP contribution >= 0.6 is 11.6 Å². The number of carbonyl (C=O) groups is 2. The number of hydrogen-bond acceptors (Lipinski definition) is 5. The third kappa shape index (κ3) is 8.76. The summed E-state index contributed by atoms with van der Waals surface area (Å²) in [5.74, 6) is -0.474. The lowest BCUT2D eigenvalue weighted by atomic mass is 10.0. The minimum atomic E-state index is -4.25. The number of carbonyl (C=O) groups excluding carboxylic acids is 2. The first-order valence-corrected chi connectivity index (χ1v) is 18.2. The topological polar surface area (TPSA) is 96.0 Å². The number of amides is 2. The number of para-hydroxylation sites is 2. The Kier molecular flexibility index (Phi) is 11.8. The highest BCUT2D eigenvalue weighted by molar-refractivity contribution is 7.92. The number of ether oxygens (including phenoxy) is 1. The van der Waals surface area contributed by atoms with E-state index in [0.717, 1.165) is 46.7 Å². The van der Waals surface area contributed by atoms with Crippen molar-refractivity contribution in [1.29, 1.82) is 0 Å². The van der Waals surface area contributed by atoms with Gasteiger partial charge in [0.2, 0.25) is 11.8 Å². The van der Waals surface area contributed by atoms with E-state index in [1.807, 2.05) is 56.3 Å². The molecule has 1 aliphatic carbocycles. The van der Waals surface area contributed by atoms with Crippen LogP contribution in [0.4, 0.5) is 5.69 Å². The van der Waals surface area contributed by atoms with Crippen LogP contribution in [-0.4, -0.2) is 50.4 Å². The van der Waals surface area contributed by atoms with Gasteiger partial charge in [0.05, 0.1) is 17.2 Å². The lowest BCUT2D eigenvalue weighted by Gasteiger charge is -2.34. The van der Waals surface area contributed by atoms with Crippen molar-refractivity contribution in [3.05, 3.63) is 125 Å². The third-order valence-corrected chi connectivity index (χ3v) is 10.6. The van der Waals surface area contributed by atoms with Gasteiger partial charge in [-0.2, -0.15) is 0 Å². The summed E-state index contributed by atoms with van der Waals surface area (Å²) in [5.41, 5.74) is 2.76. The van der Waals surface area contributed by atoms with Crippen LogP contribution in [0.15, 0.2) is 108 Å². The van der Waals surface area contributed by atoms with E-state index < -0.39 is 28.5 Å². The first-order chi connectivity index (χ1) is 23.2. The number of anilines is 1. The van der Waals surface area contributed by atoms with Crippen molar-refractivity contribution < 1.29 is 22.7 Å². The molecule has 0 spiro atoms. The zero-order valence-corrected chi connectivity index (χ0v) is 28.9. The minimum absolute atomic E-state index is 0.0275. The summed E-state index contributed by atoms with van der Waals surface area (Å²) >= 11 is 6.19. The number of hydrogen-bond donors (Lipinski definition) is 1. The molecule has 1 saturated carbocycles. The first-order valence-electron chi connectivity index (χ1n) is 16.3. The SMILES string of the molecule is CCOc1ccccc1N(CC(=O)N(Cc1ccc(Cl)cc1)[C@H](Cc1ccccc1)C(=O)NC1CCCC1)S(=O)(=O)c1ccc(C)cc1. The zero-order valence-electron chi connectivity index (χ0n) is 27.3. The lowest BCUT2D eigenvalue weighted by molar-refractivity contribution is -0.140. The van der Waals surface area contributed by atoms with Crippen molar-refractivity contribution in [2.24, 2.45) is 0 Å². The van der Waals surface area contributed by atoms with E-state index in [1.165, 1.54) is 17.0 Å². The van der Waals surface area contributed by atoms with E-state index in [4.69, 9.17) is 16.3 Å². The molecule has 48 heavy (non-hydrogen) atoms. The predicted octanol–water partition coefficient (Wildman–Crippen LogP) is 6.94. The van der Waals surface area contributed by atoms with Crippen molar-refractivity contribution in [2.75, 3.05) is 17.5 Å². The van der Waals surface area contributed by atoms with Crippen LogP contribution in [0.3, 0.4) is 0 Å². The van der Waals surface area contributed by atoms with Gasteiger partial charge in [-0.3, -0.25) is 13.9 Å². The summed E-state index contributed by atoms with van der Waals surface area (Å²) in [6, 6.07) is 29.0. The Balaban J connectivity index is 1.59. The molecule has 0 aromatic heterocycles. The molecule has 0 aliphatic heterocycles. The van der Waals surface area contributed by atoms with E-state index >= 15 is 0 Å². The molecule has 0 radical (unpaired) electrons. The Morgan fingerprint density at radius 1 is 0.875 bits per heavy atom. The highest BCUT2D eigenvalue weighted by atomic mass is 35.5. The lowest BCUT2D eigenvalue weighted by Crippen LogP contribution is -2.54. The quantitative estimate of drug-likeness (QED) is 0.155. The Hall–Kier alpha value is -4.34. The van der Waals surface area contributed by atoms with Crippen LogP contribution in [0.1, 0.15) is 49.3 Å². The number of halogens is 1. The molecule has 252 valence electrons. The standard InChI is InChI=1S/C38H42ClN3O5S/c1-3-47-36-16-10-9-15-34(36)42(48(45,46)33-23-17-28(2)18-24-33)27-37(43)41(26-30-19-21-31(39)22-20-30)35(25-29-11-5-4-6-12-29)38(44)40-32-13-7-8-14-32/h4-6,9-12,15-24,32,35H,3,7-8,13-14,25-27H2,1-2H3,(H,40,44)/t35-/m1/s1. The molecule has 1 atom stereocenters. The molecule has 5 rings (SSSR count). The monoisotopic (exact) mass is 687 g/mol. The molecular weight excluding hydrogens is 646 g/mol. The highest BCUT2D eigenvalue weighted by Gasteiger charge is 2.36. The number of nitrogens with one attached hydrogen (secondary N) is 1. The van der Waals surface area contributed by atoms with Crippen LogP contribution in [0, 0.1) is 6.92 Å². The number of aryl methyl sites for hydroxylation is 1. The first kappa shape index (κ1) is 35.0. The normalized spacial score (nSPS) is 13.9. The number of rotatable bonds is 14. The summed E-state index contributed by atoms with van der Waals surface area (Å²) in [6.07, 6.45) is 4.08. The van der Waals surface area contributed by atoms with Crippen molar-refractivity contribution in [3.63, 3.8) is 0 Å². The number of nitrogens with zero attached hydrogens (tertiary/aromatic N) is 2. The van der Waals surface area contributed by atoms with E-state index in [9.17, 15) is 18.0 Å². The summed E-state index contributed by atoms with van der Waals surface area (Å²) in [7, 11) is -4.25. The molecule has 1 aliphatic rings.